The summed E-state index contributed by atoms with van der Waals surface area (Å²) in [4.78, 5) is 43.8. The first-order valence-electron chi connectivity index (χ1n) is 15.9. The zero-order valence-corrected chi connectivity index (χ0v) is 27.5. The molecule has 1 atom stereocenters. The van der Waals surface area contributed by atoms with Gasteiger partial charge in [0.25, 0.3) is 5.91 Å². The largest absolute Gasteiger partial charge is 1.00 e. The molecule has 1 amide bonds. The molecule has 45 heavy (non-hydrogen) atoms. The Morgan fingerprint density at radius 1 is 0.956 bits per heavy atom. The van der Waals surface area contributed by atoms with Crippen LogP contribution < -0.4 is 29.3 Å². The van der Waals surface area contributed by atoms with E-state index >= 15 is 0 Å². The number of hydrogen-bond donors (Lipinski definition) is 1. The number of aliphatic carboxylic acids is 1. The van der Waals surface area contributed by atoms with Crippen molar-refractivity contribution in [1.82, 2.24) is 10.3 Å². The van der Waals surface area contributed by atoms with Crippen LogP contribution in [-0.2, 0) is 17.6 Å². The predicted molar refractivity (Wildman–Crippen MR) is 172 cm³/mol. The predicted octanol–water partition coefficient (Wildman–Crippen LogP) is 2.85. The molecule has 4 aliphatic carbocycles. The van der Waals surface area contributed by atoms with Crippen LogP contribution in [0.4, 0.5) is 0 Å². The first-order valence-corrected chi connectivity index (χ1v) is 17.3. The Morgan fingerprint density at radius 3 is 2.29 bits per heavy atom. The third kappa shape index (κ3) is 7.11. The van der Waals surface area contributed by atoms with Gasteiger partial charge in [0.15, 0.2) is 5.78 Å². The fourth-order valence-corrected chi connectivity index (χ4v) is 9.04. The SMILES string of the molecule is CSCC[C@H](NC(=O)c1ccc(CCc2cnccc2C(=O)C23CC4CC(CC(C4)C2)C3)cc1-c1ccccc1C)C(=O)[O-].[Li+]. The van der Waals surface area contributed by atoms with E-state index in [0.29, 0.717) is 54.1 Å². The van der Waals surface area contributed by atoms with E-state index in [2.05, 4.69) is 10.3 Å². The van der Waals surface area contributed by atoms with Gasteiger partial charge in [-0.3, -0.25) is 14.6 Å². The van der Waals surface area contributed by atoms with Crippen LogP contribution in [0, 0.1) is 30.1 Å². The molecular weight excluding hydrogens is 575 g/mol. The molecule has 2 aromatic carbocycles. The second-order valence-corrected chi connectivity index (χ2v) is 14.4. The summed E-state index contributed by atoms with van der Waals surface area (Å²) in [6.45, 7) is 2.00. The number of amides is 1. The van der Waals surface area contributed by atoms with Crippen LogP contribution in [-0.4, -0.2) is 40.7 Å². The minimum atomic E-state index is -1.28. The summed E-state index contributed by atoms with van der Waals surface area (Å²) >= 11 is 1.53. The summed E-state index contributed by atoms with van der Waals surface area (Å²) in [6.07, 6.45) is 14.2. The number of carboxylic acids is 1. The van der Waals surface area contributed by atoms with Gasteiger partial charge in [-0.1, -0.05) is 36.4 Å². The minimum Gasteiger partial charge on any atom is -0.548 e. The number of rotatable bonds is 12. The number of nitrogens with zero attached hydrogens (tertiary/aromatic N) is 1. The third-order valence-corrected chi connectivity index (χ3v) is 11.0. The van der Waals surface area contributed by atoms with E-state index in [1.54, 1.807) is 12.3 Å². The quantitative estimate of drug-likeness (QED) is 0.248. The van der Waals surface area contributed by atoms with Crippen LogP contribution in [0.1, 0.15) is 82.4 Å². The summed E-state index contributed by atoms with van der Waals surface area (Å²) in [7, 11) is 0. The Morgan fingerprint density at radius 2 is 1.64 bits per heavy atom. The Bertz CT molecular complexity index is 1540. The van der Waals surface area contributed by atoms with Gasteiger partial charge in [0.2, 0.25) is 0 Å². The molecule has 7 rings (SSSR count). The van der Waals surface area contributed by atoms with Crippen LogP contribution in [0.5, 0.6) is 0 Å². The number of Topliss-reactive ketones (excluding diaryl/α,β-unsaturated/α-hetero) is 1. The van der Waals surface area contributed by atoms with E-state index in [1.807, 2.05) is 61.8 Å². The maximum atomic E-state index is 14.2. The maximum absolute atomic E-state index is 14.2. The number of carboxylic acid groups (broad SMARTS) is 1. The summed E-state index contributed by atoms with van der Waals surface area (Å²) in [6, 6.07) is 14.5. The van der Waals surface area contributed by atoms with Crippen LogP contribution >= 0.6 is 11.8 Å². The molecular formula is C37H41LiN2O4S. The van der Waals surface area contributed by atoms with E-state index in [1.165, 1.54) is 31.0 Å². The third-order valence-electron chi connectivity index (χ3n) is 10.3. The number of carbonyl (C=O) groups excluding carboxylic acids is 3. The average molecular weight is 617 g/mol. The summed E-state index contributed by atoms with van der Waals surface area (Å²) in [5.41, 5.74) is 5.79. The first kappa shape index (κ1) is 33.5. The molecule has 230 valence electrons. The van der Waals surface area contributed by atoms with Gasteiger partial charge >= 0.3 is 18.9 Å². The van der Waals surface area contributed by atoms with E-state index in [9.17, 15) is 19.5 Å². The van der Waals surface area contributed by atoms with Gasteiger partial charge in [-0.2, -0.15) is 11.8 Å². The number of hydrogen-bond acceptors (Lipinski definition) is 6. The van der Waals surface area contributed by atoms with Gasteiger partial charge in [-0.25, -0.2) is 0 Å². The fraction of sp³-hybridized carbons (Fsp3) is 0.459. The van der Waals surface area contributed by atoms with Gasteiger partial charge in [0.1, 0.15) is 0 Å². The summed E-state index contributed by atoms with van der Waals surface area (Å²) in [5, 5.41) is 14.4. The van der Waals surface area contributed by atoms with Crippen molar-refractivity contribution < 1.29 is 38.4 Å². The number of benzene rings is 2. The molecule has 0 radical (unpaired) electrons. The monoisotopic (exact) mass is 616 g/mol. The normalized spacial score (nSPS) is 23.6. The molecule has 6 nitrogen and oxygen atoms in total. The van der Waals surface area contributed by atoms with Crippen molar-refractivity contribution in [2.75, 3.05) is 12.0 Å². The number of pyridine rings is 1. The Kier molecular flexibility index (Phi) is 10.6. The second-order valence-electron chi connectivity index (χ2n) is 13.4. The number of aryl methyl sites for hydroxylation is 3. The molecule has 0 aliphatic heterocycles. The van der Waals surface area contributed by atoms with Crippen molar-refractivity contribution >= 4 is 29.4 Å². The van der Waals surface area contributed by atoms with Crippen molar-refractivity contribution in [2.24, 2.45) is 23.2 Å². The molecule has 0 saturated heterocycles. The molecule has 4 fully saturated rings. The Balaban J connectivity index is 0.00000400. The fourth-order valence-electron chi connectivity index (χ4n) is 8.56. The van der Waals surface area contributed by atoms with E-state index in [4.69, 9.17) is 0 Å². The molecule has 4 saturated carbocycles. The second kappa shape index (κ2) is 14.3. The van der Waals surface area contributed by atoms with Gasteiger partial charge in [0.05, 0.1) is 12.0 Å². The van der Waals surface area contributed by atoms with Crippen LogP contribution in [0.15, 0.2) is 60.9 Å². The van der Waals surface area contributed by atoms with Crippen LogP contribution in [0.3, 0.4) is 0 Å². The van der Waals surface area contributed by atoms with Crippen molar-refractivity contribution in [3.8, 4) is 11.1 Å². The molecule has 1 heterocycles. The number of nitrogens with one attached hydrogen (secondary N) is 1. The van der Waals surface area contributed by atoms with E-state index in [-0.39, 0.29) is 24.3 Å². The number of aromatic nitrogens is 1. The molecule has 4 aliphatic rings. The Hall–Kier alpha value is -2.85. The number of ketones is 1. The molecule has 0 unspecified atom stereocenters. The maximum Gasteiger partial charge on any atom is 1.00 e. The van der Waals surface area contributed by atoms with Crippen molar-refractivity contribution in [3.05, 3.63) is 88.7 Å². The molecule has 3 aromatic rings. The van der Waals surface area contributed by atoms with Crippen molar-refractivity contribution in [3.63, 3.8) is 0 Å². The van der Waals surface area contributed by atoms with Gasteiger partial charge in [-0.15, -0.1) is 0 Å². The number of thioether (sulfide) groups is 1. The van der Waals surface area contributed by atoms with E-state index in [0.717, 1.165) is 52.6 Å². The van der Waals surface area contributed by atoms with E-state index < -0.39 is 17.9 Å². The summed E-state index contributed by atoms with van der Waals surface area (Å²) in [5.74, 6) is 1.34. The smallest absolute Gasteiger partial charge is 0.548 e. The minimum absolute atomic E-state index is 0. The van der Waals surface area contributed by atoms with Crippen molar-refractivity contribution in [1.29, 1.82) is 0 Å². The summed E-state index contributed by atoms with van der Waals surface area (Å²) < 4.78 is 0. The van der Waals surface area contributed by atoms with Gasteiger partial charge in [0, 0.05) is 28.9 Å². The molecule has 1 N–H and O–H groups in total. The topological polar surface area (TPSA) is 99.2 Å². The molecule has 1 aromatic heterocycles. The zero-order chi connectivity index (χ0) is 30.8. The van der Waals surface area contributed by atoms with Gasteiger partial charge in [-0.05, 0) is 134 Å². The number of carbonyl (C=O) groups is 3. The zero-order valence-electron chi connectivity index (χ0n) is 26.6. The van der Waals surface area contributed by atoms with Crippen LogP contribution in [0.25, 0.3) is 11.1 Å². The van der Waals surface area contributed by atoms with Crippen molar-refractivity contribution in [2.45, 2.75) is 70.8 Å². The van der Waals surface area contributed by atoms with Crippen LogP contribution in [0.2, 0.25) is 0 Å². The van der Waals surface area contributed by atoms with Gasteiger partial charge < -0.3 is 15.2 Å². The Labute approximate surface area is 282 Å². The molecule has 0 spiro atoms. The average Bonchev–Trinajstić information content (AvgIpc) is 3.01. The standard InChI is InChI=1S/C37H42N2O4S.Li/c1-23-5-3-4-6-29(23)32-18-24(8-10-31(32)35(41)39-33(36(42)43)12-14-44-2)7-9-28-22-38-13-11-30(28)34(40)37-19-25-15-26(20-37)17-27(16-25)21-37;/h3-6,8,10-11,13,18,22,25-27,33H,7,9,12,14-17,19-21H2,1-2H3,(H,39,41)(H,42,43);/q;+1/p-1/t25?,26?,27?,33-,37?;/m0./s1. The molecule has 8 heteroatoms. The first-order chi connectivity index (χ1) is 21.3. The molecule has 4 bridgehead atoms.